The number of carbonyl (C=O) groups excluding carboxylic acids is 1. The summed E-state index contributed by atoms with van der Waals surface area (Å²) in [6.45, 7) is 0.349. The predicted molar refractivity (Wildman–Crippen MR) is 100 cm³/mol. The van der Waals surface area contributed by atoms with E-state index >= 15 is 0 Å². The molecular weight excluding hydrogens is 324 g/mol. The molecule has 2 aromatic carbocycles. The van der Waals surface area contributed by atoms with Crippen LogP contribution in [0.3, 0.4) is 0 Å². The van der Waals surface area contributed by atoms with E-state index in [-0.39, 0.29) is 5.78 Å². The molecule has 2 aromatic rings. The molecule has 0 saturated carbocycles. The Hall–Kier alpha value is -2.91. The van der Waals surface area contributed by atoms with Crippen LogP contribution in [-0.4, -0.2) is 12.4 Å². The van der Waals surface area contributed by atoms with Crippen LogP contribution in [0.5, 0.6) is 0 Å². The van der Waals surface area contributed by atoms with Gasteiger partial charge in [-0.15, -0.1) is 0 Å². The highest BCUT2D eigenvalue weighted by molar-refractivity contribution is 6.00. The summed E-state index contributed by atoms with van der Waals surface area (Å²) in [5.41, 5.74) is 7.61. The Morgan fingerprint density at radius 2 is 1.92 bits per heavy atom. The molecule has 0 radical (unpaired) electrons. The highest BCUT2D eigenvalue weighted by atomic mass is 17.2. The normalized spacial score (nSPS) is 17.2. The van der Waals surface area contributed by atoms with Crippen LogP contribution < -0.4 is 0 Å². The van der Waals surface area contributed by atoms with Crippen LogP contribution in [-0.2, 0) is 22.6 Å². The fourth-order valence-corrected chi connectivity index (χ4v) is 3.96. The van der Waals surface area contributed by atoms with Crippen LogP contribution in [0.25, 0.3) is 12.2 Å². The van der Waals surface area contributed by atoms with Crippen molar-refractivity contribution in [1.29, 1.82) is 0 Å². The van der Waals surface area contributed by atoms with E-state index in [0.717, 1.165) is 46.4 Å². The second-order valence-electron chi connectivity index (χ2n) is 6.90. The van der Waals surface area contributed by atoms with Crippen LogP contribution >= 0.6 is 0 Å². The number of ketones is 1. The maximum absolute atomic E-state index is 12.9. The van der Waals surface area contributed by atoms with Crippen molar-refractivity contribution < 1.29 is 14.6 Å². The smallest absolute Gasteiger partial charge is 0.171 e. The minimum atomic E-state index is 0.128. The quantitative estimate of drug-likeness (QED) is 0.597. The predicted octanol–water partition coefficient (Wildman–Crippen LogP) is 4.68. The number of rotatable bonds is 4. The Morgan fingerprint density at radius 3 is 2.85 bits per heavy atom. The average molecular weight is 342 g/mol. The van der Waals surface area contributed by atoms with Gasteiger partial charge >= 0.3 is 0 Å². The number of fused-ring (bicyclic) bond motifs is 2. The lowest BCUT2D eigenvalue weighted by Crippen LogP contribution is -2.07. The zero-order chi connectivity index (χ0) is 17.5. The Kier molecular flexibility index (Phi) is 3.61. The van der Waals surface area contributed by atoms with E-state index in [4.69, 9.17) is 9.78 Å². The number of benzene rings is 2. The van der Waals surface area contributed by atoms with Gasteiger partial charge in [0.05, 0.1) is 0 Å². The summed E-state index contributed by atoms with van der Waals surface area (Å²) in [5, 5.41) is 0. The molecule has 0 atom stereocenters. The lowest BCUT2D eigenvalue weighted by molar-refractivity contribution is -0.231. The fourth-order valence-electron chi connectivity index (χ4n) is 3.96. The lowest BCUT2D eigenvalue weighted by Gasteiger charge is -2.08. The standard InChI is InChI=1S/C23H18O3/c24-22(21-10-4-8-15-7-3-9-20(15)21)13-19-14-25-26-23(19)18-11-16-5-1-2-6-17(16)12-18/h1-8,10-11H,9,12-14H2. The van der Waals surface area contributed by atoms with Crippen LogP contribution in [0, 0.1) is 0 Å². The van der Waals surface area contributed by atoms with Crippen molar-refractivity contribution in [2.45, 2.75) is 19.3 Å². The molecule has 0 amide bonds. The van der Waals surface area contributed by atoms with Crippen molar-refractivity contribution in [2.24, 2.45) is 0 Å². The van der Waals surface area contributed by atoms with E-state index < -0.39 is 0 Å². The second-order valence-corrected chi connectivity index (χ2v) is 6.90. The van der Waals surface area contributed by atoms with Crippen LogP contribution in [0.1, 0.15) is 39.0 Å². The first-order chi connectivity index (χ1) is 12.8. The maximum Gasteiger partial charge on any atom is 0.171 e. The van der Waals surface area contributed by atoms with Gasteiger partial charge in [0, 0.05) is 29.6 Å². The van der Waals surface area contributed by atoms with Gasteiger partial charge in [0.2, 0.25) is 0 Å². The maximum atomic E-state index is 12.9. The minimum Gasteiger partial charge on any atom is -0.337 e. The molecule has 0 unspecified atom stereocenters. The molecule has 0 saturated heterocycles. The Balaban J connectivity index is 1.43. The molecule has 26 heavy (non-hydrogen) atoms. The van der Waals surface area contributed by atoms with Gasteiger partial charge in [-0.25, -0.2) is 0 Å². The number of Topliss-reactive ketones (excluding diaryl/α,β-unsaturated/α-hetero) is 1. The molecule has 0 fully saturated rings. The SMILES string of the molecule is O=C(CC1=C(C2=Cc3ccccc3C2)OOC1)c1cccc2c1CC=C2. The number of carbonyl (C=O) groups is 1. The van der Waals surface area contributed by atoms with Crippen LogP contribution in [0.15, 0.2) is 65.4 Å². The zero-order valence-corrected chi connectivity index (χ0v) is 14.3. The molecular formula is C23H18O3. The molecule has 0 aromatic heterocycles. The molecule has 5 rings (SSSR count). The molecule has 0 N–H and O–H groups in total. The van der Waals surface area contributed by atoms with Gasteiger partial charge in [-0.1, -0.05) is 54.6 Å². The molecule has 3 heteroatoms. The monoisotopic (exact) mass is 342 g/mol. The third-order valence-corrected chi connectivity index (χ3v) is 5.26. The summed E-state index contributed by atoms with van der Waals surface area (Å²) in [6.07, 6.45) is 8.30. The van der Waals surface area contributed by atoms with Crippen LogP contribution in [0.2, 0.25) is 0 Å². The van der Waals surface area contributed by atoms with Crippen molar-refractivity contribution in [3.05, 3.63) is 93.3 Å². The van der Waals surface area contributed by atoms with E-state index in [1.165, 1.54) is 11.1 Å². The lowest BCUT2D eigenvalue weighted by atomic mass is 9.94. The van der Waals surface area contributed by atoms with Gasteiger partial charge < -0.3 is 4.89 Å². The van der Waals surface area contributed by atoms with Crippen LogP contribution in [0.4, 0.5) is 0 Å². The Morgan fingerprint density at radius 1 is 1.04 bits per heavy atom. The fraction of sp³-hybridized carbons (Fsp3) is 0.174. The summed E-state index contributed by atoms with van der Waals surface area (Å²) in [7, 11) is 0. The van der Waals surface area contributed by atoms with Gasteiger partial charge in [0.25, 0.3) is 0 Å². The highest BCUT2D eigenvalue weighted by Gasteiger charge is 2.27. The summed E-state index contributed by atoms with van der Waals surface area (Å²) >= 11 is 0. The van der Waals surface area contributed by atoms with E-state index in [1.807, 2.05) is 24.3 Å². The van der Waals surface area contributed by atoms with Gasteiger partial charge in [0.15, 0.2) is 11.5 Å². The van der Waals surface area contributed by atoms with Gasteiger partial charge in [-0.05, 0) is 34.8 Å². The molecule has 0 spiro atoms. The average Bonchev–Trinajstić information content (AvgIpc) is 3.39. The third-order valence-electron chi connectivity index (χ3n) is 5.26. The van der Waals surface area contributed by atoms with Crippen molar-refractivity contribution in [3.8, 4) is 0 Å². The number of hydrogen-bond acceptors (Lipinski definition) is 3. The second kappa shape index (κ2) is 6.11. The molecule has 3 aliphatic rings. The van der Waals surface area contributed by atoms with Gasteiger partial charge in [-0.2, -0.15) is 4.89 Å². The third kappa shape index (κ3) is 2.52. The first-order valence-electron chi connectivity index (χ1n) is 8.91. The number of allylic oxidation sites excluding steroid dienone is 2. The molecule has 1 aliphatic heterocycles. The summed E-state index contributed by atoms with van der Waals surface area (Å²) < 4.78 is 0. The highest BCUT2D eigenvalue weighted by Crippen LogP contribution is 2.35. The van der Waals surface area contributed by atoms with Gasteiger partial charge in [-0.3, -0.25) is 4.79 Å². The molecule has 0 bridgehead atoms. The zero-order valence-electron chi connectivity index (χ0n) is 14.3. The Bertz CT molecular complexity index is 1010. The van der Waals surface area contributed by atoms with E-state index in [0.29, 0.717) is 13.0 Å². The largest absolute Gasteiger partial charge is 0.337 e. The van der Waals surface area contributed by atoms with E-state index in [9.17, 15) is 4.79 Å². The van der Waals surface area contributed by atoms with Crippen molar-refractivity contribution in [1.82, 2.24) is 0 Å². The summed E-state index contributed by atoms with van der Waals surface area (Å²) in [5.74, 6) is 0.864. The molecule has 3 nitrogen and oxygen atoms in total. The molecule has 1 heterocycles. The topological polar surface area (TPSA) is 35.5 Å². The minimum absolute atomic E-state index is 0.128. The van der Waals surface area contributed by atoms with Gasteiger partial charge in [0.1, 0.15) is 6.61 Å². The molecule has 128 valence electrons. The molecule has 2 aliphatic carbocycles. The first kappa shape index (κ1) is 15.4. The first-order valence-corrected chi connectivity index (χ1v) is 8.91. The van der Waals surface area contributed by atoms with E-state index in [2.05, 4.69) is 36.4 Å². The van der Waals surface area contributed by atoms with Crippen molar-refractivity contribution in [3.63, 3.8) is 0 Å². The number of hydrogen-bond donors (Lipinski definition) is 0. The van der Waals surface area contributed by atoms with Crippen molar-refractivity contribution >= 4 is 17.9 Å². The summed E-state index contributed by atoms with van der Waals surface area (Å²) in [4.78, 5) is 23.6. The van der Waals surface area contributed by atoms with E-state index in [1.54, 1.807) is 0 Å². The van der Waals surface area contributed by atoms with Crippen molar-refractivity contribution in [2.75, 3.05) is 6.61 Å². The summed E-state index contributed by atoms with van der Waals surface area (Å²) in [6, 6.07) is 14.2. The Labute approximate surface area is 152 Å².